The molecule has 1 saturated heterocycles. The summed E-state index contributed by atoms with van der Waals surface area (Å²) in [5, 5.41) is 2.70. The number of benzene rings is 1. The van der Waals surface area contributed by atoms with Crippen LogP contribution < -0.4 is 10.1 Å². The maximum Gasteiger partial charge on any atom is 0.327 e. The van der Waals surface area contributed by atoms with Crippen LogP contribution in [0.2, 0.25) is 0 Å². The van der Waals surface area contributed by atoms with Crippen LogP contribution in [0.25, 0.3) is 0 Å². The Hall–Kier alpha value is -2.34. The van der Waals surface area contributed by atoms with Crippen molar-refractivity contribution in [2.45, 2.75) is 19.4 Å². The van der Waals surface area contributed by atoms with Crippen molar-refractivity contribution in [2.75, 3.05) is 20.4 Å². The molecule has 1 aliphatic heterocycles. The SMILES string of the molecule is C=C(C)COc1ccc(C2(C)NC(=O)N(COC)C2=O)cc1. The first-order valence-electron chi connectivity index (χ1n) is 6.89. The fourth-order valence-electron chi connectivity index (χ4n) is 2.23. The number of hydrogen-bond acceptors (Lipinski definition) is 4. The molecule has 118 valence electrons. The van der Waals surface area contributed by atoms with Crippen LogP contribution in [0.5, 0.6) is 5.75 Å². The van der Waals surface area contributed by atoms with Gasteiger partial charge in [0.15, 0.2) is 0 Å². The Morgan fingerprint density at radius 1 is 1.32 bits per heavy atom. The molecular weight excluding hydrogens is 284 g/mol. The zero-order chi connectivity index (χ0) is 16.3. The molecule has 0 radical (unpaired) electrons. The summed E-state index contributed by atoms with van der Waals surface area (Å²) in [7, 11) is 1.43. The highest BCUT2D eigenvalue weighted by Gasteiger charge is 2.48. The summed E-state index contributed by atoms with van der Waals surface area (Å²) in [4.78, 5) is 25.4. The zero-order valence-corrected chi connectivity index (χ0v) is 13.0. The lowest BCUT2D eigenvalue weighted by Crippen LogP contribution is -2.41. The van der Waals surface area contributed by atoms with Gasteiger partial charge in [-0.15, -0.1) is 0 Å². The first-order chi connectivity index (χ1) is 10.4. The van der Waals surface area contributed by atoms with Crippen LogP contribution in [0.3, 0.4) is 0 Å². The average Bonchev–Trinajstić information content (AvgIpc) is 2.70. The predicted octanol–water partition coefficient (Wildman–Crippen LogP) is 2.01. The van der Waals surface area contributed by atoms with Gasteiger partial charge < -0.3 is 14.8 Å². The van der Waals surface area contributed by atoms with E-state index in [1.165, 1.54) is 7.11 Å². The Kier molecular flexibility index (Phi) is 4.51. The third kappa shape index (κ3) is 2.96. The summed E-state index contributed by atoms with van der Waals surface area (Å²) in [5.74, 6) is 0.343. The highest BCUT2D eigenvalue weighted by atomic mass is 16.5. The van der Waals surface area contributed by atoms with Crippen LogP contribution in [0.4, 0.5) is 4.79 Å². The molecule has 1 N–H and O–H groups in total. The van der Waals surface area contributed by atoms with Gasteiger partial charge in [-0.3, -0.25) is 4.79 Å². The van der Waals surface area contributed by atoms with Crippen molar-refractivity contribution in [2.24, 2.45) is 0 Å². The fraction of sp³-hybridized carbons (Fsp3) is 0.375. The Bertz CT molecular complexity index is 597. The number of imide groups is 1. The van der Waals surface area contributed by atoms with Crippen molar-refractivity contribution in [1.29, 1.82) is 0 Å². The van der Waals surface area contributed by atoms with E-state index in [-0.39, 0.29) is 12.6 Å². The summed E-state index contributed by atoms with van der Waals surface area (Å²) in [6.07, 6.45) is 0. The molecule has 6 heteroatoms. The number of methoxy groups -OCH3 is 1. The third-order valence-electron chi connectivity index (χ3n) is 3.45. The molecule has 0 aliphatic carbocycles. The molecule has 22 heavy (non-hydrogen) atoms. The van der Waals surface area contributed by atoms with E-state index in [2.05, 4.69) is 11.9 Å². The van der Waals surface area contributed by atoms with Gasteiger partial charge in [0.25, 0.3) is 5.91 Å². The standard InChI is InChI=1S/C16H20N2O4/c1-11(2)9-22-13-7-5-12(6-8-13)16(3)14(19)18(10-21-4)15(20)17-16/h5-8H,1,9-10H2,2-4H3,(H,17,20). The van der Waals surface area contributed by atoms with Gasteiger partial charge in [-0.2, -0.15) is 0 Å². The average molecular weight is 304 g/mol. The van der Waals surface area contributed by atoms with Crippen molar-refractivity contribution < 1.29 is 19.1 Å². The summed E-state index contributed by atoms with van der Waals surface area (Å²) in [6, 6.07) is 6.60. The van der Waals surface area contributed by atoms with Gasteiger partial charge in [0.1, 0.15) is 24.6 Å². The van der Waals surface area contributed by atoms with Gasteiger partial charge in [-0.1, -0.05) is 18.7 Å². The van der Waals surface area contributed by atoms with Gasteiger partial charge >= 0.3 is 6.03 Å². The van der Waals surface area contributed by atoms with Crippen LogP contribution in [0, 0.1) is 0 Å². The van der Waals surface area contributed by atoms with E-state index >= 15 is 0 Å². The molecule has 1 fully saturated rings. The molecule has 1 aromatic carbocycles. The summed E-state index contributed by atoms with van der Waals surface area (Å²) < 4.78 is 10.4. The molecule has 0 spiro atoms. The summed E-state index contributed by atoms with van der Waals surface area (Å²) in [5.41, 5.74) is 0.513. The minimum atomic E-state index is -1.09. The monoisotopic (exact) mass is 304 g/mol. The Morgan fingerprint density at radius 2 is 1.95 bits per heavy atom. The summed E-state index contributed by atoms with van der Waals surface area (Å²) >= 11 is 0. The van der Waals surface area contributed by atoms with E-state index < -0.39 is 11.6 Å². The first-order valence-corrected chi connectivity index (χ1v) is 6.89. The lowest BCUT2D eigenvalue weighted by Gasteiger charge is -2.22. The highest BCUT2D eigenvalue weighted by Crippen LogP contribution is 2.29. The van der Waals surface area contributed by atoms with Crippen LogP contribution in [-0.2, 0) is 15.1 Å². The second-order valence-corrected chi connectivity index (χ2v) is 5.48. The van der Waals surface area contributed by atoms with E-state index in [1.807, 2.05) is 6.92 Å². The quantitative estimate of drug-likeness (QED) is 0.645. The number of hydrogen-bond donors (Lipinski definition) is 1. The van der Waals surface area contributed by atoms with E-state index in [9.17, 15) is 9.59 Å². The smallest absolute Gasteiger partial charge is 0.327 e. The molecule has 0 aromatic heterocycles. The molecule has 1 heterocycles. The van der Waals surface area contributed by atoms with E-state index in [0.717, 1.165) is 10.5 Å². The fourth-order valence-corrected chi connectivity index (χ4v) is 2.23. The van der Waals surface area contributed by atoms with Gasteiger partial charge in [0.2, 0.25) is 0 Å². The molecule has 0 bridgehead atoms. The topological polar surface area (TPSA) is 67.9 Å². The van der Waals surface area contributed by atoms with Crippen molar-refractivity contribution in [3.8, 4) is 5.75 Å². The number of urea groups is 1. The van der Waals surface area contributed by atoms with Crippen molar-refractivity contribution in [3.05, 3.63) is 42.0 Å². The van der Waals surface area contributed by atoms with Gasteiger partial charge in [0, 0.05) is 7.11 Å². The lowest BCUT2D eigenvalue weighted by molar-refractivity contribution is -0.134. The van der Waals surface area contributed by atoms with Crippen LogP contribution in [-0.4, -0.2) is 37.3 Å². The number of carbonyl (C=O) groups is 2. The number of ether oxygens (including phenoxy) is 2. The van der Waals surface area contributed by atoms with Crippen LogP contribution in [0.1, 0.15) is 19.4 Å². The Balaban J connectivity index is 2.18. The zero-order valence-electron chi connectivity index (χ0n) is 13.0. The molecule has 1 atom stereocenters. The Labute approximate surface area is 129 Å². The molecule has 6 nitrogen and oxygen atoms in total. The normalized spacial score (nSPS) is 21.0. The van der Waals surface area contributed by atoms with Gasteiger partial charge in [-0.25, -0.2) is 9.69 Å². The summed E-state index contributed by atoms with van der Waals surface area (Å²) in [6.45, 7) is 7.70. The van der Waals surface area contributed by atoms with Crippen LogP contribution >= 0.6 is 0 Å². The van der Waals surface area contributed by atoms with E-state index in [0.29, 0.717) is 17.9 Å². The molecule has 3 amide bonds. The van der Waals surface area contributed by atoms with E-state index in [4.69, 9.17) is 9.47 Å². The lowest BCUT2D eigenvalue weighted by atomic mass is 9.92. The van der Waals surface area contributed by atoms with Crippen molar-refractivity contribution in [1.82, 2.24) is 10.2 Å². The number of carbonyl (C=O) groups excluding carboxylic acids is 2. The van der Waals surface area contributed by atoms with Crippen LogP contribution in [0.15, 0.2) is 36.4 Å². The molecule has 0 saturated carbocycles. The minimum absolute atomic E-state index is 0.0694. The number of amides is 3. The molecular formula is C16H20N2O4. The second kappa shape index (κ2) is 6.19. The highest BCUT2D eigenvalue weighted by molar-refractivity contribution is 6.07. The first kappa shape index (κ1) is 16.0. The number of nitrogens with one attached hydrogen (secondary N) is 1. The molecule has 1 aromatic rings. The van der Waals surface area contributed by atoms with Gasteiger partial charge in [0.05, 0.1) is 0 Å². The van der Waals surface area contributed by atoms with Gasteiger partial charge in [-0.05, 0) is 37.1 Å². The maximum atomic E-state index is 12.4. The predicted molar refractivity (Wildman–Crippen MR) is 81.4 cm³/mol. The molecule has 1 aliphatic rings. The largest absolute Gasteiger partial charge is 0.489 e. The number of rotatable bonds is 6. The number of nitrogens with zero attached hydrogens (tertiary/aromatic N) is 1. The van der Waals surface area contributed by atoms with E-state index in [1.54, 1.807) is 31.2 Å². The second-order valence-electron chi connectivity index (χ2n) is 5.48. The Morgan fingerprint density at radius 3 is 2.50 bits per heavy atom. The minimum Gasteiger partial charge on any atom is -0.489 e. The van der Waals surface area contributed by atoms with Crippen molar-refractivity contribution in [3.63, 3.8) is 0 Å². The molecule has 2 rings (SSSR count). The van der Waals surface area contributed by atoms with Crippen molar-refractivity contribution >= 4 is 11.9 Å². The third-order valence-corrected chi connectivity index (χ3v) is 3.45. The molecule has 1 unspecified atom stereocenters. The maximum absolute atomic E-state index is 12.4.